The average Bonchev–Trinajstić information content (AvgIpc) is 2.30. The van der Waals surface area contributed by atoms with E-state index in [0.717, 1.165) is 0 Å². The zero-order valence-corrected chi connectivity index (χ0v) is 14.1. The third kappa shape index (κ3) is 10.7. The molecule has 0 N–H and O–H groups in total. The molecule has 0 aliphatic heterocycles. The summed E-state index contributed by atoms with van der Waals surface area (Å²) in [7, 11) is -2.62. The van der Waals surface area contributed by atoms with Gasteiger partial charge in [-0.25, -0.2) is 0 Å². The van der Waals surface area contributed by atoms with Crippen molar-refractivity contribution in [1.82, 2.24) is 0 Å². The molecule has 6 nitrogen and oxygen atoms in total. The second-order valence-electron chi connectivity index (χ2n) is 2.34. The molecule has 0 radical (unpaired) electrons. The Morgan fingerprint density at radius 3 is 1.18 bits per heavy atom. The van der Waals surface area contributed by atoms with Gasteiger partial charge in [0, 0.05) is 0 Å². The van der Waals surface area contributed by atoms with E-state index in [1.165, 1.54) is 0 Å². The van der Waals surface area contributed by atoms with Gasteiger partial charge in [-0.3, -0.25) is 0 Å². The maximum absolute atomic E-state index is 5.36. The van der Waals surface area contributed by atoms with Crippen LogP contribution >= 0.6 is 17.2 Å². The van der Waals surface area contributed by atoms with Gasteiger partial charge in [0.25, 0.3) is 0 Å². The summed E-state index contributed by atoms with van der Waals surface area (Å²) in [6, 6.07) is 0. The Labute approximate surface area is 112 Å². The van der Waals surface area contributed by atoms with Gasteiger partial charge in [0.2, 0.25) is 0 Å². The van der Waals surface area contributed by atoms with Gasteiger partial charge in [0.05, 0.1) is 0 Å². The van der Waals surface area contributed by atoms with E-state index >= 15 is 0 Å². The van der Waals surface area contributed by atoms with Gasteiger partial charge in [0.1, 0.15) is 0 Å². The van der Waals surface area contributed by atoms with Crippen LogP contribution in [0.2, 0.25) is 0 Å². The van der Waals surface area contributed by atoms with E-state index in [2.05, 4.69) is 0 Å². The van der Waals surface area contributed by atoms with Gasteiger partial charge in [-0.2, -0.15) is 0 Å². The SMILES string of the molecule is CCOP(OCC)O[Se]OP(OCC)OCC. The fraction of sp³-hybridized carbons (Fsp3) is 1.00. The quantitative estimate of drug-likeness (QED) is 0.397. The third-order valence-corrected chi connectivity index (χ3v) is 5.66. The molecule has 0 spiro atoms. The Morgan fingerprint density at radius 1 is 0.647 bits per heavy atom. The average molecular weight is 353 g/mol. The van der Waals surface area contributed by atoms with Crippen LogP contribution in [-0.2, 0) is 25.3 Å². The normalized spacial score (nSPS) is 11.6. The Morgan fingerprint density at radius 2 is 0.941 bits per heavy atom. The van der Waals surface area contributed by atoms with Crippen LogP contribution in [0.4, 0.5) is 0 Å². The van der Waals surface area contributed by atoms with E-state index in [4.69, 9.17) is 25.3 Å². The van der Waals surface area contributed by atoms with Gasteiger partial charge >= 0.3 is 112 Å². The molecule has 0 rings (SSSR count). The molecule has 0 bridgehead atoms. The first-order valence-corrected chi connectivity index (χ1v) is 9.00. The molecule has 0 aliphatic carbocycles. The molecule has 0 amide bonds. The van der Waals surface area contributed by atoms with Crippen molar-refractivity contribution >= 4 is 32.8 Å². The van der Waals surface area contributed by atoms with Crippen molar-refractivity contribution in [3.63, 3.8) is 0 Å². The summed E-state index contributed by atoms with van der Waals surface area (Å²) >= 11 is -0.522. The first-order chi connectivity index (χ1) is 8.28. The van der Waals surface area contributed by atoms with E-state index in [0.29, 0.717) is 26.4 Å². The maximum atomic E-state index is 5.36. The summed E-state index contributed by atoms with van der Waals surface area (Å²) in [4.78, 5) is 0. The predicted octanol–water partition coefficient (Wildman–Crippen LogP) is 3.15. The van der Waals surface area contributed by atoms with Crippen LogP contribution in [0.5, 0.6) is 0 Å². The number of hydrogen-bond donors (Lipinski definition) is 0. The molecule has 0 heterocycles. The van der Waals surface area contributed by atoms with Crippen molar-refractivity contribution in [2.75, 3.05) is 26.4 Å². The van der Waals surface area contributed by atoms with Gasteiger partial charge in [-0.15, -0.1) is 0 Å². The molecule has 0 aromatic carbocycles. The summed E-state index contributed by atoms with van der Waals surface area (Å²) in [6.07, 6.45) is 0. The molecule has 0 unspecified atom stereocenters. The van der Waals surface area contributed by atoms with Crippen LogP contribution in [0.3, 0.4) is 0 Å². The molecule has 0 aliphatic rings. The standard InChI is InChI=1S/C8H20O6P2Se/c1-5-9-15(10-6-2)13-17-14-16(11-7-3)12-8-4/h5-8H2,1-4H3. The molecular formula is C8H20O6P2Se. The summed E-state index contributed by atoms with van der Waals surface area (Å²) in [5.74, 6) is 0. The molecule has 17 heavy (non-hydrogen) atoms. The molecule has 9 heteroatoms. The molecule has 0 saturated carbocycles. The summed E-state index contributed by atoms with van der Waals surface area (Å²) in [5.41, 5.74) is 0. The summed E-state index contributed by atoms with van der Waals surface area (Å²) in [5, 5.41) is 0. The van der Waals surface area contributed by atoms with E-state index in [-0.39, 0.29) is 0 Å². The van der Waals surface area contributed by atoms with E-state index < -0.39 is 32.8 Å². The van der Waals surface area contributed by atoms with Crippen LogP contribution in [0.15, 0.2) is 0 Å². The number of rotatable bonds is 12. The number of hydrogen-bond acceptors (Lipinski definition) is 6. The Hall–Kier alpha value is 1.14. The Bertz CT molecular complexity index is 139. The summed E-state index contributed by atoms with van der Waals surface area (Å²) in [6.45, 7) is 9.75. The minimum atomic E-state index is -1.31. The Kier molecular flexibility index (Phi) is 14.5. The van der Waals surface area contributed by atoms with Crippen molar-refractivity contribution in [3.8, 4) is 0 Å². The van der Waals surface area contributed by atoms with Gasteiger partial charge in [-0.1, -0.05) is 0 Å². The Balaban J connectivity index is 3.73. The van der Waals surface area contributed by atoms with Crippen molar-refractivity contribution in [3.05, 3.63) is 0 Å². The van der Waals surface area contributed by atoms with Crippen LogP contribution in [-0.4, -0.2) is 42.0 Å². The van der Waals surface area contributed by atoms with E-state index in [1.807, 2.05) is 27.7 Å². The van der Waals surface area contributed by atoms with E-state index in [9.17, 15) is 0 Å². The monoisotopic (exact) mass is 354 g/mol. The van der Waals surface area contributed by atoms with Crippen LogP contribution in [0.25, 0.3) is 0 Å². The van der Waals surface area contributed by atoms with Gasteiger partial charge in [-0.05, 0) is 0 Å². The van der Waals surface area contributed by atoms with Gasteiger partial charge < -0.3 is 0 Å². The zero-order chi connectivity index (χ0) is 12.9. The third-order valence-electron chi connectivity index (χ3n) is 1.12. The summed E-state index contributed by atoms with van der Waals surface area (Å²) < 4.78 is 31.8. The molecule has 0 saturated heterocycles. The molecule has 0 fully saturated rings. The van der Waals surface area contributed by atoms with Crippen molar-refractivity contribution < 1.29 is 25.3 Å². The molecule has 0 atom stereocenters. The second-order valence-corrected chi connectivity index (χ2v) is 6.72. The van der Waals surface area contributed by atoms with Gasteiger partial charge in [0.15, 0.2) is 0 Å². The van der Waals surface area contributed by atoms with Crippen molar-refractivity contribution in [1.29, 1.82) is 0 Å². The minimum absolute atomic E-state index is 0.522. The molecule has 0 aromatic rings. The molecule has 104 valence electrons. The van der Waals surface area contributed by atoms with E-state index in [1.54, 1.807) is 0 Å². The van der Waals surface area contributed by atoms with Crippen molar-refractivity contribution in [2.24, 2.45) is 0 Å². The van der Waals surface area contributed by atoms with Crippen LogP contribution in [0.1, 0.15) is 27.7 Å². The second kappa shape index (κ2) is 13.6. The van der Waals surface area contributed by atoms with Crippen LogP contribution in [0, 0.1) is 0 Å². The predicted molar refractivity (Wildman–Crippen MR) is 68.3 cm³/mol. The fourth-order valence-corrected chi connectivity index (χ4v) is 4.24. The fourth-order valence-electron chi connectivity index (χ4n) is 0.646. The first kappa shape index (κ1) is 18.1. The zero-order valence-electron chi connectivity index (χ0n) is 10.6. The molecule has 0 aromatic heterocycles. The topological polar surface area (TPSA) is 55.4 Å². The van der Waals surface area contributed by atoms with Crippen LogP contribution < -0.4 is 0 Å². The first-order valence-electron chi connectivity index (χ1n) is 5.41. The molecular weight excluding hydrogens is 333 g/mol. The van der Waals surface area contributed by atoms with Crippen molar-refractivity contribution in [2.45, 2.75) is 27.7 Å².